The second-order valence-electron chi connectivity index (χ2n) is 6.34. The highest BCUT2D eigenvalue weighted by atomic mass is 32.2. The van der Waals surface area contributed by atoms with Crippen LogP contribution >= 0.6 is 11.3 Å². The summed E-state index contributed by atoms with van der Waals surface area (Å²) < 4.78 is 33.0. The summed E-state index contributed by atoms with van der Waals surface area (Å²) in [4.78, 5) is 14.8. The number of rotatable bonds is 7. The van der Waals surface area contributed by atoms with Crippen LogP contribution in [0, 0.1) is 0 Å². The molecule has 0 aliphatic carbocycles. The van der Waals surface area contributed by atoms with Gasteiger partial charge in [0.05, 0.1) is 12.2 Å². The van der Waals surface area contributed by atoms with Gasteiger partial charge in [-0.1, -0.05) is 0 Å². The molecule has 10 heteroatoms. The van der Waals surface area contributed by atoms with Crippen molar-refractivity contribution < 1.29 is 23.1 Å². The minimum Gasteiger partial charge on any atom is -0.478 e. The van der Waals surface area contributed by atoms with Crippen LogP contribution in [-0.2, 0) is 27.7 Å². The van der Waals surface area contributed by atoms with Gasteiger partial charge in [-0.25, -0.2) is 13.2 Å². The maximum absolute atomic E-state index is 13.1. The fourth-order valence-electron chi connectivity index (χ4n) is 3.36. The summed E-state index contributed by atoms with van der Waals surface area (Å²) in [6.45, 7) is 7.22. The zero-order valence-corrected chi connectivity index (χ0v) is 16.5. The zero-order valence-electron chi connectivity index (χ0n) is 14.9. The molecule has 0 amide bonds. The molecule has 0 atom stereocenters. The van der Waals surface area contributed by atoms with Crippen molar-refractivity contribution in [2.45, 2.75) is 24.1 Å². The third-order valence-electron chi connectivity index (χ3n) is 4.77. The number of carboxylic acid groups (broad SMARTS) is 1. The Morgan fingerprint density at radius 3 is 2.69 bits per heavy atom. The molecule has 2 N–H and O–H groups in total. The van der Waals surface area contributed by atoms with E-state index in [-0.39, 0.29) is 9.77 Å². The van der Waals surface area contributed by atoms with E-state index < -0.39 is 16.0 Å². The highest BCUT2D eigenvalue weighted by molar-refractivity contribution is 7.91. The monoisotopic (exact) mass is 403 g/mol. The fourth-order valence-corrected chi connectivity index (χ4v) is 6.78. The van der Waals surface area contributed by atoms with E-state index in [2.05, 4.69) is 10.2 Å². The van der Waals surface area contributed by atoms with Gasteiger partial charge in [0.1, 0.15) is 4.21 Å². The number of fused-ring (bicyclic) bond motifs is 1. The molecule has 2 aliphatic heterocycles. The van der Waals surface area contributed by atoms with Gasteiger partial charge >= 0.3 is 5.97 Å². The van der Waals surface area contributed by atoms with Crippen molar-refractivity contribution in [3.63, 3.8) is 0 Å². The fraction of sp³-hybridized carbons (Fsp3) is 0.688. The van der Waals surface area contributed by atoms with Crippen LogP contribution in [0.3, 0.4) is 0 Å². The number of sulfonamides is 1. The van der Waals surface area contributed by atoms with Crippen molar-refractivity contribution in [2.75, 3.05) is 52.5 Å². The number of nitrogens with one attached hydrogen (secondary N) is 1. The molecule has 26 heavy (non-hydrogen) atoms. The van der Waals surface area contributed by atoms with Crippen LogP contribution in [0.2, 0.25) is 0 Å². The van der Waals surface area contributed by atoms with E-state index in [1.165, 1.54) is 4.31 Å². The van der Waals surface area contributed by atoms with Gasteiger partial charge in [-0.3, -0.25) is 4.90 Å². The van der Waals surface area contributed by atoms with Gasteiger partial charge in [-0.2, -0.15) is 4.31 Å². The van der Waals surface area contributed by atoms with Crippen LogP contribution in [0.25, 0.3) is 0 Å². The van der Waals surface area contributed by atoms with Gasteiger partial charge in [-0.15, -0.1) is 11.3 Å². The molecule has 1 fully saturated rings. The minimum atomic E-state index is -3.80. The molecule has 1 saturated heterocycles. The second-order valence-corrected chi connectivity index (χ2v) is 9.58. The molecule has 0 unspecified atom stereocenters. The average Bonchev–Trinajstić information content (AvgIpc) is 3.03. The first kappa shape index (κ1) is 19.7. The lowest BCUT2D eigenvalue weighted by Crippen LogP contribution is -2.49. The number of aromatic carboxylic acids is 1. The van der Waals surface area contributed by atoms with E-state index in [4.69, 9.17) is 4.74 Å². The van der Waals surface area contributed by atoms with E-state index in [0.29, 0.717) is 64.5 Å². The number of carbonyl (C=O) groups is 1. The molecule has 0 spiro atoms. The molecule has 0 saturated carbocycles. The molecular formula is C16H25N3O5S2. The highest BCUT2D eigenvalue weighted by Gasteiger charge is 2.36. The topological polar surface area (TPSA) is 99.2 Å². The van der Waals surface area contributed by atoms with E-state index in [0.717, 1.165) is 22.8 Å². The quantitative estimate of drug-likeness (QED) is 0.637. The van der Waals surface area contributed by atoms with Crippen LogP contribution in [0.15, 0.2) is 4.21 Å². The molecule has 8 nitrogen and oxygen atoms in total. The summed E-state index contributed by atoms with van der Waals surface area (Å²) >= 11 is 1.10. The van der Waals surface area contributed by atoms with E-state index >= 15 is 0 Å². The molecule has 3 heterocycles. The van der Waals surface area contributed by atoms with Gasteiger partial charge in [0.15, 0.2) is 0 Å². The Morgan fingerprint density at radius 2 is 2.04 bits per heavy atom. The molecule has 0 bridgehead atoms. The van der Waals surface area contributed by atoms with Crippen LogP contribution in [0.4, 0.5) is 0 Å². The first-order chi connectivity index (χ1) is 12.4. The Balaban J connectivity index is 1.77. The molecule has 1 aromatic heterocycles. The standard InChI is InChI=1S/C16H25N3O5S2/c1-2-24-10-9-18-5-7-19(8-6-18)26(22,23)16-14(15(20)21)12-3-4-17-11-13(12)25-16/h17H,2-11H2,1H3,(H,20,21). The number of ether oxygens (including phenoxy) is 1. The van der Waals surface area contributed by atoms with Crippen LogP contribution in [0.5, 0.6) is 0 Å². The van der Waals surface area contributed by atoms with Gasteiger partial charge < -0.3 is 15.2 Å². The molecular weight excluding hydrogens is 378 g/mol. The van der Waals surface area contributed by atoms with Crippen molar-refractivity contribution in [1.82, 2.24) is 14.5 Å². The Bertz CT molecular complexity index is 754. The van der Waals surface area contributed by atoms with Gasteiger partial charge in [0.25, 0.3) is 10.0 Å². The van der Waals surface area contributed by atoms with Crippen molar-refractivity contribution >= 4 is 27.3 Å². The van der Waals surface area contributed by atoms with Crippen LogP contribution in [0.1, 0.15) is 27.7 Å². The normalized spacial score (nSPS) is 19.4. The summed E-state index contributed by atoms with van der Waals surface area (Å²) in [5, 5.41) is 12.8. The molecule has 2 aliphatic rings. The molecule has 1 aromatic rings. The molecule has 0 radical (unpaired) electrons. The third-order valence-corrected chi connectivity index (χ3v) is 8.40. The second kappa shape index (κ2) is 8.32. The number of nitrogens with zero attached hydrogens (tertiary/aromatic N) is 2. The predicted octanol–water partition coefficient (Wildman–Crippen LogP) is 0.435. The third kappa shape index (κ3) is 3.95. The average molecular weight is 404 g/mol. The molecule has 3 rings (SSSR count). The van der Waals surface area contributed by atoms with Crippen LogP contribution in [-0.4, -0.2) is 81.2 Å². The van der Waals surface area contributed by atoms with E-state index in [9.17, 15) is 18.3 Å². The number of piperazine rings is 1. The van der Waals surface area contributed by atoms with Gasteiger partial charge in [0.2, 0.25) is 0 Å². The van der Waals surface area contributed by atoms with Crippen LogP contribution < -0.4 is 5.32 Å². The smallest absolute Gasteiger partial charge is 0.338 e. The first-order valence-corrected chi connectivity index (χ1v) is 11.1. The lowest BCUT2D eigenvalue weighted by molar-refractivity contribution is 0.0691. The van der Waals surface area contributed by atoms with E-state index in [1.807, 2.05) is 6.92 Å². The number of hydrogen-bond donors (Lipinski definition) is 2. The van der Waals surface area contributed by atoms with Crippen molar-refractivity contribution in [2.24, 2.45) is 0 Å². The Hall–Kier alpha value is -1.04. The Labute approximate surface area is 157 Å². The summed E-state index contributed by atoms with van der Waals surface area (Å²) in [6.07, 6.45) is 0.550. The number of hydrogen-bond acceptors (Lipinski definition) is 7. The Morgan fingerprint density at radius 1 is 1.31 bits per heavy atom. The zero-order chi connectivity index (χ0) is 18.7. The SMILES string of the molecule is CCOCCN1CCN(S(=O)(=O)c2sc3c(c2C(=O)O)CCNC3)CC1. The lowest BCUT2D eigenvalue weighted by atomic mass is 10.1. The number of thiophene rings is 1. The molecule has 0 aromatic carbocycles. The maximum atomic E-state index is 13.1. The summed E-state index contributed by atoms with van der Waals surface area (Å²) in [5.74, 6) is -1.15. The largest absolute Gasteiger partial charge is 0.478 e. The van der Waals surface area contributed by atoms with Gasteiger partial charge in [-0.05, 0) is 25.5 Å². The highest BCUT2D eigenvalue weighted by Crippen LogP contribution is 2.36. The van der Waals surface area contributed by atoms with Gasteiger partial charge in [0, 0.05) is 50.8 Å². The summed E-state index contributed by atoms with van der Waals surface area (Å²) in [6, 6.07) is 0. The Kier molecular flexibility index (Phi) is 6.31. The van der Waals surface area contributed by atoms with Crippen molar-refractivity contribution in [3.05, 3.63) is 16.0 Å². The number of carboxylic acids is 1. The summed E-state index contributed by atoms with van der Waals surface area (Å²) in [7, 11) is -3.80. The predicted molar refractivity (Wildman–Crippen MR) is 98.4 cm³/mol. The molecule has 146 valence electrons. The maximum Gasteiger partial charge on any atom is 0.338 e. The van der Waals surface area contributed by atoms with Crippen molar-refractivity contribution in [3.8, 4) is 0 Å². The summed E-state index contributed by atoms with van der Waals surface area (Å²) in [5.41, 5.74) is 0.653. The van der Waals surface area contributed by atoms with Crippen molar-refractivity contribution in [1.29, 1.82) is 0 Å². The first-order valence-electron chi connectivity index (χ1n) is 8.84. The minimum absolute atomic E-state index is 0.0125. The van der Waals surface area contributed by atoms with E-state index in [1.54, 1.807) is 0 Å². The lowest BCUT2D eigenvalue weighted by Gasteiger charge is -2.33.